The molecule has 0 aliphatic carbocycles. The molecule has 1 atom stereocenters. The Bertz CT molecular complexity index is 1360. The maximum Gasteiger partial charge on any atom is 0.138 e. The van der Waals surface area contributed by atoms with E-state index < -0.39 is 0 Å². The van der Waals surface area contributed by atoms with E-state index >= 15 is 0 Å². The van der Waals surface area contributed by atoms with Gasteiger partial charge in [0.2, 0.25) is 0 Å². The van der Waals surface area contributed by atoms with Crippen LogP contribution in [0.5, 0.6) is 5.75 Å². The van der Waals surface area contributed by atoms with Crippen LogP contribution in [-0.4, -0.2) is 97.5 Å². The summed E-state index contributed by atoms with van der Waals surface area (Å²) in [6.45, 7) is 12.2. The van der Waals surface area contributed by atoms with E-state index in [1.165, 1.54) is 15.4 Å². The van der Waals surface area contributed by atoms with E-state index in [4.69, 9.17) is 19.6 Å². The lowest BCUT2D eigenvalue weighted by atomic mass is 10.1. The Labute approximate surface area is 267 Å². The number of amidine groups is 1. The number of hydrogen-bond donors (Lipinski definition) is 2. The van der Waals surface area contributed by atoms with Crippen molar-refractivity contribution in [2.75, 3.05) is 59.6 Å². The zero-order chi connectivity index (χ0) is 31.1. The van der Waals surface area contributed by atoms with Crippen molar-refractivity contribution in [3.05, 3.63) is 84.2 Å². The van der Waals surface area contributed by atoms with Crippen LogP contribution in [0.3, 0.4) is 0 Å². The van der Waals surface area contributed by atoms with Crippen LogP contribution in [0.1, 0.15) is 38.3 Å². The highest BCUT2D eigenvalue weighted by Gasteiger charge is 2.25. The monoisotopic (exact) mass is 617 g/mol. The highest BCUT2D eigenvalue weighted by Crippen LogP contribution is 2.40. The summed E-state index contributed by atoms with van der Waals surface area (Å²) in [5.74, 6) is 1.91. The van der Waals surface area contributed by atoms with E-state index in [9.17, 15) is 0 Å². The van der Waals surface area contributed by atoms with E-state index in [0.717, 1.165) is 62.0 Å². The second-order valence-corrected chi connectivity index (χ2v) is 12.2. The topological polar surface area (TPSA) is 82.5 Å². The first kappa shape index (κ1) is 33.7. The molecule has 0 saturated carbocycles. The fourth-order valence-corrected chi connectivity index (χ4v) is 5.86. The molecular formula is C35H47N5O3S. The number of rotatable bonds is 11. The normalized spacial score (nSPS) is 15.6. The predicted octanol–water partition coefficient (Wildman–Crippen LogP) is 5.74. The van der Waals surface area contributed by atoms with Gasteiger partial charge in [-0.1, -0.05) is 54.2 Å². The first-order valence-electron chi connectivity index (χ1n) is 15.5. The number of benzene rings is 2. The van der Waals surface area contributed by atoms with Gasteiger partial charge in [-0.05, 0) is 64.1 Å². The molecule has 2 N–H and O–H groups in total. The minimum absolute atomic E-state index is 0.0898. The number of ether oxygens (including phenoxy) is 2. The number of aliphatic hydroxyl groups excluding tert-OH is 1. The molecular weight excluding hydrogens is 570 g/mol. The molecule has 2 aliphatic heterocycles. The van der Waals surface area contributed by atoms with Crippen molar-refractivity contribution < 1.29 is 14.6 Å². The molecule has 2 aromatic carbocycles. The van der Waals surface area contributed by atoms with Gasteiger partial charge in [0.05, 0.1) is 37.8 Å². The Morgan fingerprint density at radius 2 is 1.73 bits per heavy atom. The van der Waals surface area contributed by atoms with Crippen molar-refractivity contribution in [2.24, 2.45) is 4.99 Å². The van der Waals surface area contributed by atoms with E-state index in [1.54, 1.807) is 18.0 Å². The van der Waals surface area contributed by atoms with Crippen LogP contribution in [0, 0.1) is 0 Å². The van der Waals surface area contributed by atoms with E-state index in [2.05, 4.69) is 87.7 Å². The highest BCUT2D eigenvalue weighted by atomic mass is 32.2. The second-order valence-electron chi connectivity index (χ2n) is 11.1. The van der Waals surface area contributed by atoms with Gasteiger partial charge in [-0.25, -0.2) is 4.99 Å². The number of hydrogen-bond acceptors (Lipinski definition) is 9. The standard InChI is InChI=1S/C21H25N3O2S.C14H22N2O/c25-14-16-26-15-13-23-9-11-24(12-10-23)21-17-5-1-3-7-19(17)27-20-8-4-2-6-18(20)22-21;1-11(2)17-14-8-13(9-16-10-14)7-5-6-12(3)15-4/h1-8,25H,9-16H2;5,7-12,15H,6H2,1-4H3/b;7-5+/t;12-/m.0/s1. The number of aliphatic imine (C=N–C) groups is 1. The van der Waals surface area contributed by atoms with Crippen LogP contribution in [-0.2, 0) is 4.74 Å². The zero-order valence-corrected chi connectivity index (χ0v) is 27.3. The Morgan fingerprint density at radius 3 is 2.48 bits per heavy atom. The van der Waals surface area contributed by atoms with Gasteiger partial charge in [-0.3, -0.25) is 9.88 Å². The summed E-state index contributed by atoms with van der Waals surface area (Å²) in [6, 6.07) is 19.4. The van der Waals surface area contributed by atoms with Gasteiger partial charge in [0.25, 0.3) is 0 Å². The summed E-state index contributed by atoms with van der Waals surface area (Å²) >= 11 is 1.80. The third-order valence-corrected chi connectivity index (χ3v) is 8.44. The highest BCUT2D eigenvalue weighted by molar-refractivity contribution is 7.99. The smallest absolute Gasteiger partial charge is 0.138 e. The molecule has 0 spiro atoms. The van der Waals surface area contributed by atoms with Gasteiger partial charge in [0.15, 0.2) is 0 Å². The van der Waals surface area contributed by atoms with Crippen LogP contribution in [0.4, 0.5) is 5.69 Å². The molecule has 5 rings (SSSR count). The molecule has 1 fully saturated rings. The number of fused-ring (bicyclic) bond motifs is 2. The molecule has 236 valence electrons. The first-order chi connectivity index (χ1) is 21.5. The van der Waals surface area contributed by atoms with Crippen LogP contribution in [0.25, 0.3) is 6.08 Å². The lowest BCUT2D eigenvalue weighted by Crippen LogP contribution is -2.49. The minimum atomic E-state index is 0.0898. The molecule has 2 aliphatic rings. The number of aromatic nitrogens is 1. The molecule has 9 heteroatoms. The average molecular weight is 618 g/mol. The van der Waals surface area contributed by atoms with Gasteiger partial charge < -0.3 is 24.8 Å². The summed E-state index contributed by atoms with van der Waals surface area (Å²) in [5.41, 5.74) is 3.35. The summed E-state index contributed by atoms with van der Waals surface area (Å²) in [6.07, 6.45) is 9.00. The van der Waals surface area contributed by atoms with E-state index in [0.29, 0.717) is 19.3 Å². The minimum Gasteiger partial charge on any atom is -0.489 e. The fourth-order valence-electron chi connectivity index (χ4n) is 4.84. The molecule has 0 amide bonds. The molecule has 3 heterocycles. The molecule has 0 bridgehead atoms. The van der Waals surface area contributed by atoms with Gasteiger partial charge in [-0.15, -0.1) is 0 Å². The SMILES string of the molecule is CN[C@@H](C)C/C=C/c1cncc(OC(C)C)c1.OCCOCCN1CCN(C2=Nc3ccccc3Sc3ccccc32)CC1. The third kappa shape index (κ3) is 10.5. The number of piperazine rings is 1. The van der Waals surface area contributed by atoms with Gasteiger partial charge in [0.1, 0.15) is 11.6 Å². The van der Waals surface area contributed by atoms with Crippen molar-refractivity contribution in [2.45, 2.75) is 49.1 Å². The quantitative estimate of drug-likeness (QED) is 0.264. The predicted molar refractivity (Wildman–Crippen MR) is 181 cm³/mol. The number of nitrogens with one attached hydrogen (secondary N) is 1. The lowest BCUT2D eigenvalue weighted by molar-refractivity contribution is 0.0652. The number of aliphatic hydroxyl groups is 1. The third-order valence-electron chi connectivity index (χ3n) is 7.30. The molecule has 3 aromatic rings. The summed E-state index contributed by atoms with van der Waals surface area (Å²) < 4.78 is 11.0. The van der Waals surface area contributed by atoms with Crippen molar-refractivity contribution in [1.29, 1.82) is 0 Å². The first-order valence-corrected chi connectivity index (χ1v) is 16.3. The van der Waals surface area contributed by atoms with Gasteiger partial charge in [-0.2, -0.15) is 0 Å². The molecule has 1 saturated heterocycles. The molecule has 8 nitrogen and oxygen atoms in total. The van der Waals surface area contributed by atoms with Crippen molar-refractivity contribution in [1.82, 2.24) is 20.1 Å². The lowest BCUT2D eigenvalue weighted by Gasteiger charge is -2.36. The van der Waals surface area contributed by atoms with Crippen LogP contribution < -0.4 is 10.1 Å². The molecule has 44 heavy (non-hydrogen) atoms. The number of pyridine rings is 1. The maximum atomic E-state index is 8.79. The van der Waals surface area contributed by atoms with Crippen LogP contribution in [0.2, 0.25) is 0 Å². The summed E-state index contributed by atoms with van der Waals surface area (Å²) in [4.78, 5) is 16.5. The fraction of sp³-hybridized carbons (Fsp3) is 0.429. The second kappa shape index (κ2) is 17.9. The Hall–Kier alpha value is -3.21. The molecule has 1 aromatic heterocycles. The van der Waals surface area contributed by atoms with Gasteiger partial charge >= 0.3 is 0 Å². The molecule has 0 radical (unpaired) electrons. The molecule has 0 unspecified atom stereocenters. The largest absolute Gasteiger partial charge is 0.489 e. The zero-order valence-electron chi connectivity index (χ0n) is 26.5. The van der Waals surface area contributed by atoms with Gasteiger partial charge in [0, 0.05) is 60.3 Å². The van der Waals surface area contributed by atoms with Crippen molar-refractivity contribution in [3.63, 3.8) is 0 Å². The van der Waals surface area contributed by atoms with Crippen LogP contribution >= 0.6 is 11.8 Å². The Balaban J connectivity index is 0.000000225. The Kier molecular flexibility index (Phi) is 13.7. The number of nitrogens with zero attached hydrogens (tertiary/aromatic N) is 4. The maximum absolute atomic E-state index is 8.79. The average Bonchev–Trinajstić information content (AvgIpc) is 3.20. The number of para-hydroxylation sites is 1. The summed E-state index contributed by atoms with van der Waals surface area (Å²) in [5, 5.41) is 12.0. The van der Waals surface area contributed by atoms with Crippen LogP contribution in [0.15, 0.2) is 87.9 Å². The van der Waals surface area contributed by atoms with Crippen molar-refractivity contribution in [3.8, 4) is 5.75 Å². The van der Waals surface area contributed by atoms with Crippen molar-refractivity contribution >= 4 is 29.4 Å². The Morgan fingerprint density at radius 1 is 0.977 bits per heavy atom. The van der Waals surface area contributed by atoms with E-state index in [1.807, 2.05) is 33.2 Å². The van der Waals surface area contributed by atoms with E-state index in [-0.39, 0.29) is 12.7 Å². The summed E-state index contributed by atoms with van der Waals surface area (Å²) in [7, 11) is 1.97.